The van der Waals surface area contributed by atoms with Gasteiger partial charge in [0.15, 0.2) is 6.23 Å². The van der Waals surface area contributed by atoms with Crippen LogP contribution in [0.2, 0.25) is 0 Å². The molecule has 2 heterocycles. The third-order valence-electron chi connectivity index (χ3n) is 3.06. The first-order valence-electron chi connectivity index (χ1n) is 5.71. The van der Waals surface area contributed by atoms with Crippen LogP contribution in [0.15, 0.2) is 22.7 Å². The second kappa shape index (κ2) is 4.85. The maximum absolute atomic E-state index is 5.82. The molecule has 5 heteroatoms. The zero-order chi connectivity index (χ0) is 11.8. The molecule has 0 amide bonds. The molecular weight excluding hydrogens is 395 g/mol. The lowest BCUT2D eigenvalue weighted by molar-refractivity contribution is -0.0369. The Balaban J connectivity index is 2.15. The van der Waals surface area contributed by atoms with Crippen molar-refractivity contribution in [3.63, 3.8) is 0 Å². The minimum Gasteiger partial charge on any atom is -0.356 e. The number of fused-ring (bicyclic) bond motifs is 1. The fourth-order valence-electron chi connectivity index (χ4n) is 2.24. The SMILES string of the molecule is Brc1cccc2c(I)nn(C3CCCCO3)c12. The van der Waals surface area contributed by atoms with E-state index in [2.05, 4.69) is 55.8 Å². The van der Waals surface area contributed by atoms with E-state index in [0.29, 0.717) is 0 Å². The highest BCUT2D eigenvalue weighted by atomic mass is 127. The van der Waals surface area contributed by atoms with Crippen LogP contribution in [0.1, 0.15) is 25.5 Å². The molecule has 1 unspecified atom stereocenters. The average Bonchev–Trinajstić information content (AvgIpc) is 2.70. The van der Waals surface area contributed by atoms with Crippen molar-refractivity contribution in [2.75, 3.05) is 6.61 Å². The highest BCUT2D eigenvalue weighted by Crippen LogP contribution is 2.32. The van der Waals surface area contributed by atoms with E-state index in [-0.39, 0.29) is 6.23 Å². The summed E-state index contributed by atoms with van der Waals surface area (Å²) in [7, 11) is 0. The van der Waals surface area contributed by atoms with E-state index in [1.807, 2.05) is 10.7 Å². The maximum Gasteiger partial charge on any atom is 0.150 e. The zero-order valence-electron chi connectivity index (χ0n) is 9.20. The molecule has 1 saturated heterocycles. The normalized spacial score (nSPS) is 20.9. The summed E-state index contributed by atoms with van der Waals surface area (Å²) >= 11 is 5.89. The molecule has 3 nitrogen and oxygen atoms in total. The van der Waals surface area contributed by atoms with Crippen molar-refractivity contribution in [2.24, 2.45) is 0 Å². The van der Waals surface area contributed by atoms with E-state index in [1.165, 1.54) is 11.8 Å². The van der Waals surface area contributed by atoms with Gasteiger partial charge >= 0.3 is 0 Å². The van der Waals surface area contributed by atoms with Gasteiger partial charge in [-0.1, -0.05) is 12.1 Å². The van der Waals surface area contributed by atoms with Crippen LogP contribution < -0.4 is 0 Å². The molecule has 3 rings (SSSR count). The van der Waals surface area contributed by atoms with Gasteiger partial charge in [-0.3, -0.25) is 0 Å². The van der Waals surface area contributed by atoms with Gasteiger partial charge in [-0.15, -0.1) is 0 Å². The summed E-state index contributed by atoms with van der Waals surface area (Å²) in [6.07, 6.45) is 3.52. The highest BCUT2D eigenvalue weighted by Gasteiger charge is 2.21. The summed E-state index contributed by atoms with van der Waals surface area (Å²) < 4.78 is 9.96. The lowest BCUT2D eigenvalue weighted by atomic mass is 10.2. The van der Waals surface area contributed by atoms with E-state index in [4.69, 9.17) is 4.74 Å². The fourth-order valence-corrected chi connectivity index (χ4v) is 3.45. The third kappa shape index (κ3) is 2.13. The lowest BCUT2D eigenvalue weighted by Crippen LogP contribution is -2.19. The Bertz CT molecular complexity index is 549. The van der Waals surface area contributed by atoms with Gasteiger partial charge in [-0.25, -0.2) is 4.68 Å². The molecule has 0 N–H and O–H groups in total. The molecular formula is C12H12BrIN2O. The molecule has 1 fully saturated rings. The number of halogens is 2. The first-order chi connectivity index (χ1) is 8.27. The number of benzene rings is 1. The Morgan fingerprint density at radius 1 is 1.41 bits per heavy atom. The van der Waals surface area contributed by atoms with Gasteiger partial charge in [0, 0.05) is 16.5 Å². The van der Waals surface area contributed by atoms with Gasteiger partial charge in [0.05, 0.1) is 5.52 Å². The highest BCUT2D eigenvalue weighted by molar-refractivity contribution is 14.1. The summed E-state index contributed by atoms with van der Waals surface area (Å²) in [6.45, 7) is 0.840. The van der Waals surface area contributed by atoms with E-state index < -0.39 is 0 Å². The monoisotopic (exact) mass is 406 g/mol. The second-order valence-corrected chi connectivity index (χ2v) is 6.07. The molecule has 0 radical (unpaired) electrons. The van der Waals surface area contributed by atoms with Crippen LogP contribution in [-0.4, -0.2) is 16.4 Å². The summed E-state index contributed by atoms with van der Waals surface area (Å²) in [5.74, 6) is 0. The van der Waals surface area contributed by atoms with Crippen molar-refractivity contribution < 1.29 is 4.74 Å². The molecule has 0 bridgehead atoms. The number of hydrogen-bond acceptors (Lipinski definition) is 2. The Hall–Kier alpha value is -0.140. The molecule has 2 aromatic rings. The van der Waals surface area contributed by atoms with Crippen molar-refractivity contribution in [1.29, 1.82) is 0 Å². The van der Waals surface area contributed by atoms with Gasteiger partial charge in [0.2, 0.25) is 0 Å². The van der Waals surface area contributed by atoms with Crippen LogP contribution in [-0.2, 0) is 4.74 Å². The lowest BCUT2D eigenvalue weighted by Gasteiger charge is -2.23. The molecule has 17 heavy (non-hydrogen) atoms. The predicted molar refractivity (Wildman–Crippen MR) is 79.0 cm³/mol. The number of hydrogen-bond donors (Lipinski definition) is 0. The third-order valence-corrected chi connectivity index (χ3v) is 4.50. The Morgan fingerprint density at radius 3 is 3.06 bits per heavy atom. The van der Waals surface area contributed by atoms with Crippen LogP contribution in [0.25, 0.3) is 10.9 Å². The molecule has 0 saturated carbocycles. The molecule has 90 valence electrons. The van der Waals surface area contributed by atoms with E-state index >= 15 is 0 Å². The Morgan fingerprint density at radius 2 is 2.29 bits per heavy atom. The number of rotatable bonds is 1. The first-order valence-corrected chi connectivity index (χ1v) is 7.58. The second-order valence-electron chi connectivity index (χ2n) is 4.19. The number of nitrogens with zero attached hydrogens (tertiary/aromatic N) is 2. The predicted octanol–water partition coefficient (Wildman–Crippen LogP) is 4.10. The molecule has 1 atom stereocenters. The van der Waals surface area contributed by atoms with Gasteiger partial charge in [0.1, 0.15) is 3.70 Å². The van der Waals surface area contributed by atoms with Gasteiger partial charge in [0.25, 0.3) is 0 Å². The van der Waals surface area contributed by atoms with Gasteiger partial charge < -0.3 is 4.74 Å². The van der Waals surface area contributed by atoms with Crippen LogP contribution in [0.5, 0.6) is 0 Å². The molecule has 1 aromatic heterocycles. The number of para-hydroxylation sites is 1. The van der Waals surface area contributed by atoms with Crippen LogP contribution in [0.4, 0.5) is 0 Å². The standard InChI is InChI=1S/C12H12BrIN2O/c13-9-5-3-4-8-11(9)16(15-12(8)14)10-6-1-2-7-17-10/h3-5,10H,1-2,6-7H2. The Kier molecular flexibility index (Phi) is 3.40. The minimum atomic E-state index is 0.0912. The van der Waals surface area contributed by atoms with Crippen LogP contribution >= 0.6 is 38.5 Å². The first kappa shape index (κ1) is 11.9. The fraction of sp³-hybridized carbons (Fsp3) is 0.417. The summed E-state index contributed by atoms with van der Waals surface area (Å²) in [6, 6.07) is 6.20. The topological polar surface area (TPSA) is 27.1 Å². The summed E-state index contributed by atoms with van der Waals surface area (Å²) in [4.78, 5) is 0. The average molecular weight is 407 g/mol. The van der Waals surface area contributed by atoms with Crippen LogP contribution in [0, 0.1) is 3.70 Å². The Labute approximate surface area is 122 Å². The number of aromatic nitrogens is 2. The van der Waals surface area contributed by atoms with Gasteiger partial charge in [-0.2, -0.15) is 5.10 Å². The van der Waals surface area contributed by atoms with E-state index in [1.54, 1.807) is 0 Å². The largest absolute Gasteiger partial charge is 0.356 e. The summed E-state index contributed by atoms with van der Waals surface area (Å²) in [5.41, 5.74) is 1.14. The van der Waals surface area contributed by atoms with E-state index in [9.17, 15) is 0 Å². The summed E-state index contributed by atoms with van der Waals surface area (Å²) in [5, 5.41) is 5.81. The smallest absolute Gasteiger partial charge is 0.150 e. The van der Waals surface area contributed by atoms with Crippen molar-refractivity contribution in [3.05, 3.63) is 26.4 Å². The molecule has 1 aliphatic rings. The minimum absolute atomic E-state index is 0.0912. The van der Waals surface area contributed by atoms with Gasteiger partial charge in [-0.05, 0) is 63.8 Å². The van der Waals surface area contributed by atoms with Crippen molar-refractivity contribution in [2.45, 2.75) is 25.5 Å². The maximum atomic E-state index is 5.82. The van der Waals surface area contributed by atoms with Crippen LogP contribution in [0.3, 0.4) is 0 Å². The molecule has 1 aliphatic heterocycles. The molecule has 0 spiro atoms. The number of ether oxygens (including phenoxy) is 1. The quantitative estimate of drug-likeness (QED) is 0.666. The van der Waals surface area contributed by atoms with Crippen molar-refractivity contribution in [3.8, 4) is 0 Å². The van der Waals surface area contributed by atoms with Crippen molar-refractivity contribution in [1.82, 2.24) is 9.78 Å². The molecule has 1 aromatic carbocycles. The zero-order valence-corrected chi connectivity index (χ0v) is 12.9. The van der Waals surface area contributed by atoms with Crippen molar-refractivity contribution >= 4 is 49.4 Å². The van der Waals surface area contributed by atoms with E-state index in [0.717, 1.165) is 33.1 Å². The molecule has 0 aliphatic carbocycles.